The smallest absolute Gasteiger partial charge is 0.319 e. The van der Waals surface area contributed by atoms with E-state index in [4.69, 9.17) is 9.47 Å². The average Bonchev–Trinajstić information content (AvgIpc) is 2.56. The highest BCUT2D eigenvalue weighted by Gasteiger charge is 2.15. The molecule has 1 heterocycles. The quantitative estimate of drug-likeness (QED) is 0.713. The fourth-order valence-corrected chi connectivity index (χ4v) is 2.35. The summed E-state index contributed by atoms with van der Waals surface area (Å²) in [5.41, 5.74) is 2.20. The molecule has 2 rings (SSSR count). The second-order valence-electron chi connectivity index (χ2n) is 6.22. The van der Waals surface area contributed by atoms with Crippen LogP contribution in [0.4, 0.5) is 16.2 Å². The van der Waals surface area contributed by atoms with Crippen molar-refractivity contribution >= 4 is 23.3 Å². The first-order valence-corrected chi connectivity index (χ1v) is 8.23. The van der Waals surface area contributed by atoms with E-state index in [1.807, 2.05) is 27.1 Å². The van der Waals surface area contributed by atoms with Gasteiger partial charge in [0.2, 0.25) is 5.91 Å². The summed E-state index contributed by atoms with van der Waals surface area (Å²) in [5, 5.41) is 8.36. The number of urea groups is 1. The number of carbonyl (C=O) groups is 2. The zero-order valence-electron chi connectivity index (χ0n) is 14.9. The highest BCUT2D eigenvalue weighted by Crippen LogP contribution is 2.20. The molecule has 3 N–H and O–H groups in total. The van der Waals surface area contributed by atoms with Crippen LogP contribution in [0.2, 0.25) is 0 Å². The minimum atomic E-state index is -0.330. The standard InChI is InChI=1S/C17H26N4O4/c1-12-4-5-13(8-15(12)20-16(22)10-21(2)3)19-17(23)18-9-14-11-24-6-7-25-14/h4-5,8,14H,6-7,9-11H2,1-3H3,(H,20,22)(H2,18,19,23). The van der Waals surface area contributed by atoms with Crippen LogP contribution >= 0.6 is 0 Å². The highest BCUT2D eigenvalue weighted by molar-refractivity contribution is 5.95. The van der Waals surface area contributed by atoms with Gasteiger partial charge in [0.1, 0.15) is 0 Å². The van der Waals surface area contributed by atoms with Gasteiger partial charge < -0.3 is 30.3 Å². The second-order valence-corrected chi connectivity index (χ2v) is 6.22. The molecular weight excluding hydrogens is 324 g/mol. The molecule has 1 aromatic carbocycles. The van der Waals surface area contributed by atoms with E-state index in [2.05, 4.69) is 16.0 Å². The highest BCUT2D eigenvalue weighted by atomic mass is 16.6. The number of anilines is 2. The minimum absolute atomic E-state index is 0.107. The van der Waals surface area contributed by atoms with Gasteiger partial charge in [0.25, 0.3) is 0 Å². The number of benzene rings is 1. The van der Waals surface area contributed by atoms with Crippen molar-refractivity contribution in [1.29, 1.82) is 0 Å². The molecule has 0 spiro atoms. The lowest BCUT2D eigenvalue weighted by molar-refractivity contribution is -0.116. The predicted molar refractivity (Wildman–Crippen MR) is 95.9 cm³/mol. The van der Waals surface area contributed by atoms with Gasteiger partial charge in [-0.1, -0.05) is 6.07 Å². The zero-order valence-corrected chi connectivity index (χ0v) is 14.9. The number of hydrogen-bond acceptors (Lipinski definition) is 5. The van der Waals surface area contributed by atoms with Gasteiger partial charge in [-0.2, -0.15) is 0 Å². The lowest BCUT2D eigenvalue weighted by Gasteiger charge is -2.23. The fraction of sp³-hybridized carbons (Fsp3) is 0.529. The summed E-state index contributed by atoms with van der Waals surface area (Å²) in [5.74, 6) is -0.107. The second kappa shape index (κ2) is 9.36. The number of hydrogen-bond donors (Lipinski definition) is 3. The number of carbonyl (C=O) groups excluding carboxylic acids is 2. The molecular formula is C17H26N4O4. The molecule has 0 bridgehead atoms. The Bertz CT molecular complexity index is 600. The monoisotopic (exact) mass is 350 g/mol. The molecule has 1 saturated heterocycles. The Kier molecular flexibility index (Phi) is 7.17. The molecule has 0 aliphatic carbocycles. The van der Waals surface area contributed by atoms with Crippen LogP contribution < -0.4 is 16.0 Å². The van der Waals surface area contributed by atoms with Gasteiger partial charge in [0.05, 0.1) is 32.5 Å². The summed E-state index contributed by atoms with van der Waals surface area (Å²) in [6, 6.07) is 5.04. The Hall–Kier alpha value is -2.16. The van der Waals surface area contributed by atoms with E-state index in [0.29, 0.717) is 44.3 Å². The largest absolute Gasteiger partial charge is 0.376 e. The lowest BCUT2D eigenvalue weighted by atomic mass is 10.1. The molecule has 1 atom stereocenters. The van der Waals surface area contributed by atoms with Gasteiger partial charge in [-0.3, -0.25) is 4.79 Å². The van der Waals surface area contributed by atoms with E-state index in [0.717, 1.165) is 5.56 Å². The first-order valence-electron chi connectivity index (χ1n) is 8.23. The van der Waals surface area contributed by atoms with Gasteiger partial charge in [-0.05, 0) is 38.7 Å². The van der Waals surface area contributed by atoms with Gasteiger partial charge in [-0.15, -0.1) is 0 Å². The third kappa shape index (κ3) is 6.69. The van der Waals surface area contributed by atoms with E-state index in [1.165, 1.54) is 0 Å². The molecule has 138 valence electrons. The molecule has 0 aromatic heterocycles. The van der Waals surface area contributed by atoms with Crippen LogP contribution in [0.5, 0.6) is 0 Å². The third-order valence-corrected chi connectivity index (χ3v) is 3.60. The SMILES string of the molecule is Cc1ccc(NC(=O)NCC2COCCO2)cc1NC(=O)CN(C)C. The van der Waals surface area contributed by atoms with E-state index in [1.54, 1.807) is 17.0 Å². The summed E-state index contributed by atoms with van der Waals surface area (Å²) in [6.45, 7) is 4.18. The van der Waals surface area contributed by atoms with Gasteiger partial charge >= 0.3 is 6.03 Å². The van der Waals surface area contributed by atoms with Crippen molar-refractivity contribution in [2.45, 2.75) is 13.0 Å². The molecule has 25 heavy (non-hydrogen) atoms. The molecule has 0 saturated carbocycles. The third-order valence-electron chi connectivity index (χ3n) is 3.60. The number of ether oxygens (including phenoxy) is 2. The van der Waals surface area contributed by atoms with Crippen LogP contribution in [-0.4, -0.2) is 69.9 Å². The molecule has 3 amide bonds. The van der Waals surface area contributed by atoms with Crippen molar-refractivity contribution in [3.8, 4) is 0 Å². The first kappa shape index (κ1) is 19.2. The summed E-state index contributed by atoms with van der Waals surface area (Å²) >= 11 is 0. The summed E-state index contributed by atoms with van der Waals surface area (Å²) in [6.07, 6.45) is -0.126. The van der Waals surface area contributed by atoms with Gasteiger partial charge in [-0.25, -0.2) is 4.79 Å². The Balaban J connectivity index is 1.87. The molecule has 8 nitrogen and oxygen atoms in total. The van der Waals surface area contributed by atoms with Crippen molar-refractivity contribution in [1.82, 2.24) is 10.2 Å². The Labute approximate surface area is 147 Å². The fourth-order valence-electron chi connectivity index (χ4n) is 2.35. The minimum Gasteiger partial charge on any atom is -0.376 e. The van der Waals surface area contributed by atoms with Crippen LogP contribution in [0.25, 0.3) is 0 Å². The van der Waals surface area contributed by atoms with Crippen molar-refractivity contribution in [2.24, 2.45) is 0 Å². The molecule has 1 aliphatic rings. The maximum absolute atomic E-state index is 12.0. The maximum atomic E-state index is 12.0. The van der Waals surface area contributed by atoms with E-state index >= 15 is 0 Å². The lowest BCUT2D eigenvalue weighted by Crippen LogP contribution is -2.41. The van der Waals surface area contributed by atoms with Gasteiger partial charge in [0.15, 0.2) is 0 Å². The average molecular weight is 350 g/mol. The van der Waals surface area contributed by atoms with Crippen LogP contribution in [-0.2, 0) is 14.3 Å². The Morgan fingerprint density at radius 2 is 2.04 bits per heavy atom. The summed E-state index contributed by atoms with van der Waals surface area (Å²) < 4.78 is 10.8. The number of likely N-dealkylation sites (N-methyl/N-ethyl adjacent to an activating group) is 1. The Morgan fingerprint density at radius 3 is 2.72 bits per heavy atom. The van der Waals surface area contributed by atoms with Crippen molar-refractivity contribution in [2.75, 3.05) is 57.6 Å². The molecule has 8 heteroatoms. The van der Waals surface area contributed by atoms with Crippen molar-refractivity contribution in [3.05, 3.63) is 23.8 Å². The maximum Gasteiger partial charge on any atom is 0.319 e. The van der Waals surface area contributed by atoms with Crippen LogP contribution in [0.15, 0.2) is 18.2 Å². The van der Waals surface area contributed by atoms with Crippen molar-refractivity contribution < 1.29 is 19.1 Å². The van der Waals surface area contributed by atoms with Crippen LogP contribution in [0.1, 0.15) is 5.56 Å². The van der Waals surface area contributed by atoms with E-state index in [-0.39, 0.29) is 18.0 Å². The number of aryl methyl sites for hydroxylation is 1. The first-order chi connectivity index (χ1) is 11.9. The zero-order chi connectivity index (χ0) is 18.2. The normalized spacial score (nSPS) is 17.2. The number of amides is 3. The summed E-state index contributed by atoms with van der Waals surface area (Å²) in [7, 11) is 3.66. The number of rotatable bonds is 6. The Morgan fingerprint density at radius 1 is 1.24 bits per heavy atom. The molecule has 1 fully saturated rings. The predicted octanol–water partition coefficient (Wildman–Crippen LogP) is 1.03. The van der Waals surface area contributed by atoms with Crippen LogP contribution in [0.3, 0.4) is 0 Å². The molecule has 1 aliphatic heterocycles. The molecule has 1 aromatic rings. The van der Waals surface area contributed by atoms with Crippen molar-refractivity contribution in [3.63, 3.8) is 0 Å². The topological polar surface area (TPSA) is 91.9 Å². The number of nitrogens with one attached hydrogen (secondary N) is 3. The van der Waals surface area contributed by atoms with E-state index in [9.17, 15) is 9.59 Å². The molecule has 0 radical (unpaired) electrons. The number of nitrogens with zero attached hydrogens (tertiary/aromatic N) is 1. The molecule has 1 unspecified atom stereocenters. The van der Waals surface area contributed by atoms with Gasteiger partial charge in [0, 0.05) is 17.9 Å². The summed E-state index contributed by atoms with van der Waals surface area (Å²) in [4.78, 5) is 25.7. The van der Waals surface area contributed by atoms with Crippen LogP contribution in [0, 0.1) is 6.92 Å². The van der Waals surface area contributed by atoms with E-state index < -0.39 is 0 Å².